The van der Waals surface area contributed by atoms with Gasteiger partial charge in [0.05, 0.1) is 11.7 Å². The van der Waals surface area contributed by atoms with E-state index in [2.05, 4.69) is 20.8 Å². The first-order valence-corrected chi connectivity index (χ1v) is 5.92. The number of aromatic amines is 1. The summed E-state index contributed by atoms with van der Waals surface area (Å²) >= 11 is 0. The third-order valence-electron chi connectivity index (χ3n) is 2.39. The molecule has 1 aromatic heterocycles. The molecule has 0 bridgehead atoms. The predicted molar refractivity (Wildman–Crippen MR) is 72.6 cm³/mol. The number of nitrogens with one attached hydrogen (secondary N) is 3. The average molecular weight is 260 g/mol. The Balaban J connectivity index is 2.07. The molecule has 6 nitrogen and oxygen atoms in total. The molecule has 2 amide bonds. The van der Waals surface area contributed by atoms with E-state index in [-0.39, 0.29) is 0 Å². The average Bonchev–Trinajstić information content (AvgIpc) is 2.73. The zero-order valence-corrected chi connectivity index (χ0v) is 11.1. The van der Waals surface area contributed by atoms with Crippen molar-refractivity contribution >= 4 is 28.4 Å². The van der Waals surface area contributed by atoms with Crippen LogP contribution in [0.3, 0.4) is 0 Å². The molecule has 0 atom stereocenters. The van der Waals surface area contributed by atoms with Gasteiger partial charge in [0.1, 0.15) is 0 Å². The summed E-state index contributed by atoms with van der Waals surface area (Å²) in [5.74, 6) is -1.34. The summed E-state index contributed by atoms with van der Waals surface area (Å²) in [6.07, 6.45) is 1.69. The van der Waals surface area contributed by atoms with Crippen molar-refractivity contribution in [3.8, 4) is 0 Å². The lowest BCUT2D eigenvalue weighted by Gasteiger charge is -2.19. The molecule has 6 heteroatoms. The molecule has 100 valence electrons. The van der Waals surface area contributed by atoms with E-state index in [9.17, 15) is 9.59 Å². The van der Waals surface area contributed by atoms with Gasteiger partial charge in [-0.2, -0.15) is 5.10 Å². The van der Waals surface area contributed by atoms with Crippen LogP contribution in [0.4, 0.5) is 5.69 Å². The van der Waals surface area contributed by atoms with E-state index >= 15 is 0 Å². The van der Waals surface area contributed by atoms with Crippen LogP contribution in [0.1, 0.15) is 20.8 Å². The number of amides is 2. The van der Waals surface area contributed by atoms with Crippen LogP contribution < -0.4 is 10.6 Å². The quantitative estimate of drug-likeness (QED) is 0.678. The lowest BCUT2D eigenvalue weighted by molar-refractivity contribution is -0.137. The molecule has 1 aromatic carbocycles. The van der Waals surface area contributed by atoms with E-state index in [0.29, 0.717) is 5.69 Å². The summed E-state index contributed by atoms with van der Waals surface area (Å²) in [6.45, 7) is 5.44. The van der Waals surface area contributed by atoms with Gasteiger partial charge < -0.3 is 10.6 Å². The molecular formula is C13H16N4O2. The summed E-state index contributed by atoms with van der Waals surface area (Å²) in [6, 6.07) is 5.26. The molecule has 0 saturated heterocycles. The third-order valence-corrected chi connectivity index (χ3v) is 2.39. The van der Waals surface area contributed by atoms with Gasteiger partial charge in [0, 0.05) is 16.6 Å². The van der Waals surface area contributed by atoms with Gasteiger partial charge in [-0.25, -0.2) is 0 Å². The maximum atomic E-state index is 11.7. The summed E-state index contributed by atoms with van der Waals surface area (Å²) < 4.78 is 0. The lowest BCUT2D eigenvalue weighted by Crippen LogP contribution is -2.46. The fraction of sp³-hybridized carbons (Fsp3) is 0.308. The van der Waals surface area contributed by atoms with Crippen molar-refractivity contribution in [2.24, 2.45) is 0 Å². The van der Waals surface area contributed by atoms with Crippen LogP contribution in [0, 0.1) is 0 Å². The molecule has 19 heavy (non-hydrogen) atoms. The number of carbonyl (C=O) groups is 2. The number of anilines is 1. The molecule has 3 N–H and O–H groups in total. The number of rotatable bonds is 1. The number of hydrogen-bond acceptors (Lipinski definition) is 3. The molecule has 0 aliphatic rings. The van der Waals surface area contributed by atoms with E-state index in [0.717, 1.165) is 10.9 Å². The van der Waals surface area contributed by atoms with E-state index in [1.165, 1.54) is 0 Å². The number of H-pyrrole nitrogens is 1. The maximum Gasteiger partial charge on any atom is 0.313 e. The first-order valence-electron chi connectivity index (χ1n) is 5.92. The normalized spacial score (nSPS) is 11.3. The summed E-state index contributed by atoms with van der Waals surface area (Å²) in [7, 11) is 0. The van der Waals surface area contributed by atoms with Crippen molar-refractivity contribution in [1.82, 2.24) is 15.5 Å². The number of carbonyl (C=O) groups excluding carboxylic acids is 2. The second-order valence-corrected chi connectivity index (χ2v) is 5.33. The van der Waals surface area contributed by atoms with Gasteiger partial charge >= 0.3 is 11.8 Å². The second kappa shape index (κ2) is 4.72. The standard InChI is InChI=1S/C13H16N4O2/c1-13(2,3)16-12(19)11(18)15-9-5-4-8-7-14-17-10(8)6-9/h4-7H,1-3H3,(H,14,17)(H,15,18)(H,16,19). The largest absolute Gasteiger partial charge is 0.343 e. The van der Waals surface area contributed by atoms with Gasteiger partial charge in [0.15, 0.2) is 0 Å². The van der Waals surface area contributed by atoms with Crippen LogP contribution >= 0.6 is 0 Å². The molecule has 2 rings (SSSR count). The Labute approximate surface area is 110 Å². The number of benzene rings is 1. The number of aromatic nitrogens is 2. The Bertz CT molecular complexity index is 625. The molecule has 0 unspecified atom stereocenters. The highest BCUT2D eigenvalue weighted by Gasteiger charge is 2.20. The van der Waals surface area contributed by atoms with E-state index in [1.807, 2.05) is 26.8 Å². The first kappa shape index (κ1) is 13.1. The Morgan fingerprint density at radius 1 is 1.21 bits per heavy atom. The highest BCUT2D eigenvalue weighted by Crippen LogP contribution is 2.16. The smallest absolute Gasteiger partial charge is 0.313 e. The summed E-state index contributed by atoms with van der Waals surface area (Å²) in [5, 5.41) is 12.8. The Kier molecular flexibility index (Phi) is 3.25. The zero-order valence-electron chi connectivity index (χ0n) is 11.1. The topological polar surface area (TPSA) is 86.9 Å². The van der Waals surface area contributed by atoms with Crippen LogP contribution in [-0.2, 0) is 9.59 Å². The van der Waals surface area contributed by atoms with Crippen LogP contribution in [-0.4, -0.2) is 27.6 Å². The fourth-order valence-electron chi connectivity index (χ4n) is 1.60. The fourth-order valence-corrected chi connectivity index (χ4v) is 1.60. The molecule has 0 fully saturated rings. The Hall–Kier alpha value is -2.37. The van der Waals surface area contributed by atoms with Crippen LogP contribution in [0.25, 0.3) is 10.9 Å². The molecule has 0 aliphatic heterocycles. The highest BCUT2D eigenvalue weighted by atomic mass is 16.2. The molecule has 0 spiro atoms. The molecule has 0 radical (unpaired) electrons. The SMILES string of the molecule is CC(C)(C)NC(=O)C(=O)Nc1ccc2cn[nH]c2c1. The molecular weight excluding hydrogens is 244 g/mol. The molecule has 1 heterocycles. The van der Waals surface area contributed by atoms with Gasteiger partial charge in [0.25, 0.3) is 0 Å². The number of nitrogens with zero attached hydrogens (tertiary/aromatic N) is 1. The van der Waals surface area contributed by atoms with Crippen LogP contribution in [0.5, 0.6) is 0 Å². The molecule has 2 aromatic rings. The van der Waals surface area contributed by atoms with Crippen molar-refractivity contribution < 1.29 is 9.59 Å². The van der Waals surface area contributed by atoms with E-state index in [4.69, 9.17) is 0 Å². The van der Waals surface area contributed by atoms with Crippen molar-refractivity contribution in [2.75, 3.05) is 5.32 Å². The predicted octanol–water partition coefficient (Wildman–Crippen LogP) is 1.42. The number of hydrogen-bond donors (Lipinski definition) is 3. The molecule has 0 saturated carbocycles. The van der Waals surface area contributed by atoms with Crippen molar-refractivity contribution in [3.05, 3.63) is 24.4 Å². The lowest BCUT2D eigenvalue weighted by atomic mass is 10.1. The van der Waals surface area contributed by atoms with Gasteiger partial charge in [0.2, 0.25) is 0 Å². The minimum atomic E-state index is -0.686. The van der Waals surface area contributed by atoms with E-state index in [1.54, 1.807) is 18.3 Å². The maximum absolute atomic E-state index is 11.7. The van der Waals surface area contributed by atoms with Gasteiger partial charge in [-0.05, 0) is 39.0 Å². The van der Waals surface area contributed by atoms with Crippen molar-refractivity contribution in [2.45, 2.75) is 26.3 Å². The zero-order chi connectivity index (χ0) is 14.0. The Morgan fingerprint density at radius 3 is 2.63 bits per heavy atom. The van der Waals surface area contributed by atoms with Crippen LogP contribution in [0.15, 0.2) is 24.4 Å². The number of fused-ring (bicyclic) bond motifs is 1. The van der Waals surface area contributed by atoms with Gasteiger partial charge in [-0.3, -0.25) is 14.7 Å². The minimum Gasteiger partial charge on any atom is -0.343 e. The molecule has 0 aliphatic carbocycles. The Morgan fingerprint density at radius 2 is 1.95 bits per heavy atom. The van der Waals surface area contributed by atoms with Gasteiger partial charge in [-0.15, -0.1) is 0 Å². The second-order valence-electron chi connectivity index (χ2n) is 5.33. The monoisotopic (exact) mass is 260 g/mol. The van der Waals surface area contributed by atoms with Crippen molar-refractivity contribution in [3.63, 3.8) is 0 Å². The van der Waals surface area contributed by atoms with Crippen molar-refractivity contribution in [1.29, 1.82) is 0 Å². The van der Waals surface area contributed by atoms with Crippen LogP contribution in [0.2, 0.25) is 0 Å². The summed E-state index contributed by atoms with van der Waals surface area (Å²) in [4.78, 5) is 23.3. The third kappa shape index (κ3) is 3.31. The first-order chi connectivity index (χ1) is 8.85. The summed E-state index contributed by atoms with van der Waals surface area (Å²) in [5.41, 5.74) is 0.904. The highest BCUT2D eigenvalue weighted by molar-refractivity contribution is 6.39. The van der Waals surface area contributed by atoms with E-state index < -0.39 is 17.4 Å². The van der Waals surface area contributed by atoms with Gasteiger partial charge in [-0.1, -0.05) is 0 Å². The minimum absolute atomic E-state index is 0.443.